The van der Waals surface area contributed by atoms with Gasteiger partial charge in [0.05, 0.1) is 0 Å². The van der Waals surface area contributed by atoms with Gasteiger partial charge in [-0.15, -0.1) is 0 Å². The van der Waals surface area contributed by atoms with Gasteiger partial charge in [0.1, 0.15) is 5.82 Å². The quantitative estimate of drug-likeness (QED) is 0.882. The van der Waals surface area contributed by atoms with Crippen LogP contribution in [0, 0.1) is 5.82 Å². The molecule has 3 nitrogen and oxygen atoms in total. The molecule has 21 heavy (non-hydrogen) atoms. The van der Waals surface area contributed by atoms with Gasteiger partial charge in [-0.3, -0.25) is 4.79 Å². The summed E-state index contributed by atoms with van der Waals surface area (Å²) in [6.45, 7) is 4.43. The summed E-state index contributed by atoms with van der Waals surface area (Å²) in [5.74, 6) is -0.332. The normalized spacial score (nSPS) is 10.5. The molecule has 0 fully saturated rings. The Kier molecular flexibility index (Phi) is 4.93. The van der Waals surface area contributed by atoms with Gasteiger partial charge in [-0.25, -0.2) is 4.39 Å². The average Bonchev–Trinajstić information content (AvgIpc) is 2.46. The predicted molar refractivity (Wildman–Crippen MR) is 82.8 cm³/mol. The summed E-state index contributed by atoms with van der Waals surface area (Å²) in [6.07, 6.45) is 0. The number of benzene rings is 2. The van der Waals surface area contributed by atoms with E-state index in [0.29, 0.717) is 12.1 Å². The van der Waals surface area contributed by atoms with Crippen molar-refractivity contribution in [1.29, 1.82) is 0 Å². The second-order valence-electron chi connectivity index (χ2n) is 5.19. The van der Waals surface area contributed by atoms with Crippen molar-refractivity contribution in [2.75, 3.05) is 5.32 Å². The van der Waals surface area contributed by atoms with Gasteiger partial charge >= 0.3 is 0 Å². The van der Waals surface area contributed by atoms with Gasteiger partial charge in [0.15, 0.2) is 0 Å². The number of hydrogen-bond donors (Lipinski definition) is 2. The maximum atomic E-state index is 12.8. The number of nitrogens with one attached hydrogen (secondary N) is 2. The predicted octanol–water partition coefficient (Wildman–Crippen LogP) is 3.58. The molecular formula is C17H19FN2O. The first kappa shape index (κ1) is 15.0. The molecule has 0 atom stereocenters. The Morgan fingerprint density at radius 3 is 2.52 bits per heavy atom. The third-order valence-corrected chi connectivity index (χ3v) is 2.95. The number of carbonyl (C=O) groups excluding carboxylic acids is 1. The zero-order valence-electron chi connectivity index (χ0n) is 12.2. The first-order valence-corrected chi connectivity index (χ1v) is 6.94. The van der Waals surface area contributed by atoms with Gasteiger partial charge in [0.2, 0.25) is 0 Å². The van der Waals surface area contributed by atoms with Gasteiger partial charge < -0.3 is 10.6 Å². The minimum Gasteiger partial charge on any atom is -0.381 e. The summed E-state index contributed by atoms with van der Waals surface area (Å²) < 4.78 is 12.8. The number of amides is 1. The van der Waals surface area contributed by atoms with Crippen molar-refractivity contribution in [3.8, 4) is 0 Å². The highest BCUT2D eigenvalue weighted by Gasteiger charge is 2.07. The molecule has 1 amide bonds. The fraction of sp³-hybridized carbons (Fsp3) is 0.235. The Hall–Kier alpha value is -2.36. The molecule has 2 rings (SSSR count). The van der Waals surface area contributed by atoms with E-state index in [1.54, 1.807) is 24.3 Å². The van der Waals surface area contributed by atoms with Crippen molar-refractivity contribution < 1.29 is 9.18 Å². The maximum absolute atomic E-state index is 12.8. The van der Waals surface area contributed by atoms with Crippen molar-refractivity contribution in [3.63, 3.8) is 0 Å². The summed E-state index contributed by atoms with van der Waals surface area (Å²) in [5.41, 5.74) is 2.46. The second kappa shape index (κ2) is 6.88. The van der Waals surface area contributed by atoms with Crippen LogP contribution in [-0.2, 0) is 6.54 Å². The van der Waals surface area contributed by atoms with Crippen molar-refractivity contribution in [3.05, 3.63) is 65.5 Å². The Bertz CT molecular complexity index is 608. The number of rotatable bonds is 5. The van der Waals surface area contributed by atoms with Crippen LogP contribution in [0.1, 0.15) is 29.8 Å². The van der Waals surface area contributed by atoms with Crippen molar-refractivity contribution in [1.82, 2.24) is 5.32 Å². The molecule has 0 aliphatic rings. The minimum atomic E-state index is -0.244. The molecule has 2 aromatic rings. The van der Waals surface area contributed by atoms with Crippen LogP contribution < -0.4 is 10.6 Å². The standard InChI is InChI=1S/C17H19FN2O/c1-12(2)20-17(21)14-4-3-5-16(10-14)19-11-13-6-8-15(18)9-7-13/h3-10,12,19H,11H2,1-2H3,(H,20,21). The molecule has 0 saturated heterocycles. The van der Waals surface area contributed by atoms with E-state index in [1.165, 1.54) is 12.1 Å². The molecule has 0 unspecified atom stereocenters. The molecule has 0 aromatic heterocycles. The Balaban J connectivity index is 2.00. The topological polar surface area (TPSA) is 41.1 Å². The molecule has 0 heterocycles. The number of carbonyl (C=O) groups is 1. The minimum absolute atomic E-state index is 0.0876. The van der Waals surface area contributed by atoms with E-state index in [0.717, 1.165) is 11.3 Å². The molecule has 0 spiro atoms. The van der Waals surface area contributed by atoms with Gasteiger partial charge in [-0.05, 0) is 49.7 Å². The van der Waals surface area contributed by atoms with E-state index in [9.17, 15) is 9.18 Å². The zero-order valence-corrected chi connectivity index (χ0v) is 12.2. The highest BCUT2D eigenvalue weighted by molar-refractivity contribution is 5.95. The third-order valence-electron chi connectivity index (χ3n) is 2.95. The Morgan fingerprint density at radius 2 is 1.86 bits per heavy atom. The van der Waals surface area contributed by atoms with Gasteiger partial charge in [-0.1, -0.05) is 18.2 Å². The lowest BCUT2D eigenvalue weighted by molar-refractivity contribution is 0.0943. The fourth-order valence-corrected chi connectivity index (χ4v) is 1.92. The molecule has 0 aliphatic heterocycles. The lowest BCUT2D eigenvalue weighted by Crippen LogP contribution is -2.30. The summed E-state index contributed by atoms with van der Waals surface area (Å²) in [6, 6.07) is 13.8. The third kappa shape index (κ3) is 4.60. The van der Waals surface area contributed by atoms with E-state index in [-0.39, 0.29) is 17.8 Å². The zero-order chi connectivity index (χ0) is 15.2. The van der Waals surface area contributed by atoms with Gasteiger partial charge in [0.25, 0.3) is 5.91 Å². The molecule has 0 bridgehead atoms. The van der Waals surface area contributed by atoms with E-state index < -0.39 is 0 Å². The van der Waals surface area contributed by atoms with Crippen LogP contribution in [-0.4, -0.2) is 11.9 Å². The van der Waals surface area contributed by atoms with Gasteiger partial charge in [-0.2, -0.15) is 0 Å². The average molecular weight is 286 g/mol. The maximum Gasteiger partial charge on any atom is 0.251 e. The number of halogens is 1. The summed E-state index contributed by atoms with van der Waals surface area (Å²) in [4.78, 5) is 11.9. The Labute approximate surface area is 124 Å². The molecular weight excluding hydrogens is 267 g/mol. The summed E-state index contributed by atoms with van der Waals surface area (Å²) >= 11 is 0. The second-order valence-corrected chi connectivity index (χ2v) is 5.19. The summed E-state index contributed by atoms with van der Waals surface area (Å²) in [7, 11) is 0. The van der Waals surface area contributed by atoms with Crippen molar-refractivity contribution >= 4 is 11.6 Å². The largest absolute Gasteiger partial charge is 0.381 e. The Morgan fingerprint density at radius 1 is 1.14 bits per heavy atom. The van der Waals surface area contributed by atoms with Crippen LogP contribution >= 0.6 is 0 Å². The number of anilines is 1. The van der Waals surface area contributed by atoms with Crippen molar-refractivity contribution in [2.24, 2.45) is 0 Å². The monoisotopic (exact) mass is 286 g/mol. The number of hydrogen-bond acceptors (Lipinski definition) is 2. The lowest BCUT2D eigenvalue weighted by atomic mass is 10.1. The van der Waals surface area contributed by atoms with E-state index in [1.807, 2.05) is 26.0 Å². The first-order chi connectivity index (χ1) is 10.0. The van der Waals surface area contributed by atoms with Gasteiger partial charge in [0, 0.05) is 23.8 Å². The van der Waals surface area contributed by atoms with Crippen LogP contribution in [0.25, 0.3) is 0 Å². The molecule has 110 valence electrons. The van der Waals surface area contributed by atoms with E-state index in [2.05, 4.69) is 10.6 Å². The smallest absolute Gasteiger partial charge is 0.251 e. The molecule has 0 saturated carbocycles. The van der Waals surface area contributed by atoms with E-state index >= 15 is 0 Å². The first-order valence-electron chi connectivity index (χ1n) is 6.94. The van der Waals surface area contributed by atoms with Crippen LogP contribution in [0.4, 0.5) is 10.1 Å². The molecule has 2 N–H and O–H groups in total. The molecule has 2 aromatic carbocycles. The van der Waals surface area contributed by atoms with E-state index in [4.69, 9.17) is 0 Å². The molecule has 4 heteroatoms. The van der Waals surface area contributed by atoms with Crippen LogP contribution in [0.3, 0.4) is 0 Å². The van der Waals surface area contributed by atoms with Crippen LogP contribution in [0.5, 0.6) is 0 Å². The molecule has 0 radical (unpaired) electrons. The highest BCUT2D eigenvalue weighted by Crippen LogP contribution is 2.13. The highest BCUT2D eigenvalue weighted by atomic mass is 19.1. The SMILES string of the molecule is CC(C)NC(=O)c1cccc(NCc2ccc(F)cc2)c1. The van der Waals surface area contributed by atoms with Crippen LogP contribution in [0.15, 0.2) is 48.5 Å². The fourth-order valence-electron chi connectivity index (χ4n) is 1.92. The molecule has 0 aliphatic carbocycles. The van der Waals surface area contributed by atoms with Crippen molar-refractivity contribution in [2.45, 2.75) is 26.4 Å². The van der Waals surface area contributed by atoms with Crippen LogP contribution in [0.2, 0.25) is 0 Å². The lowest BCUT2D eigenvalue weighted by Gasteiger charge is -2.11. The summed E-state index contributed by atoms with van der Waals surface area (Å²) in [5, 5.41) is 6.08.